The van der Waals surface area contributed by atoms with E-state index in [1.54, 1.807) is 35.1 Å². The number of hydrogen-bond donors (Lipinski definition) is 2. The highest BCUT2D eigenvalue weighted by atomic mass is 35.5. The number of amides is 1. The molecule has 0 aliphatic rings. The van der Waals surface area contributed by atoms with E-state index in [0.717, 1.165) is 5.69 Å². The summed E-state index contributed by atoms with van der Waals surface area (Å²) in [5.74, 6) is 5.32. The van der Waals surface area contributed by atoms with E-state index in [2.05, 4.69) is 10.5 Å². The molecule has 0 saturated heterocycles. The van der Waals surface area contributed by atoms with Crippen LogP contribution in [0.5, 0.6) is 5.75 Å². The van der Waals surface area contributed by atoms with Crippen LogP contribution in [0.3, 0.4) is 0 Å². The molecule has 0 unspecified atom stereocenters. The van der Waals surface area contributed by atoms with Gasteiger partial charge in [0.15, 0.2) is 0 Å². The molecule has 0 spiro atoms. The van der Waals surface area contributed by atoms with Crippen molar-refractivity contribution in [2.24, 2.45) is 5.84 Å². The number of carbonyl (C=O) groups excluding carboxylic acids is 1. The third-order valence-corrected chi connectivity index (χ3v) is 3.07. The summed E-state index contributed by atoms with van der Waals surface area (Å²) in [6, 6.07) is 6.79. The van der Waals surface area contributed by atoms with Gasteiger partial charge in [-0.2, -0.15) is 5.10 Å². The fourth-order valence-corrected chi connectivity index (χ4v) is 1.83. The lowest BCUT2D eigenvalue weighted by atomic mass is 10.2. The van der Waals surface area contributed by atoms with Gasteiger partial charge in [-0.1, -0.05) is 17.7 Å². The van der Waals surface area contributed by atoms with Gasteiger partial charge < -0.3 is 4.74 Å². The molecule has 0 atom stereocenters. The maximum Gasteiger partial charge on any atom is 0.265 e. The molecule has 1 aromatic carbocycles. The second kappa shape index (κ2) is 6.40. The topological polar surface area (TPSA) is 82.2 Å². The summed E-state index contributed by atoms with van der Waals surface area (Å²) in [6.07, 6.45) is 1.75. The summed E-state index contributed by atoms with van der Waals surface area (Å²) in [7, 11) is 0. The van der Waals surface area contributed by atoms with Gasteiger partial charge >= 0.3 is 0 Å². The minimum atomic E-state index is -0.357. The second-order valence-corrected chi connectivity index (χ2v) is 4.58. The molecule has 2 aromatic rings. The SMILES string of the molecule is Cc1nn(CCOc2cccc(C(=O)NN)c2)cc1Cl. The molecule has 7 heteroatoms. The Hall–Kier alpha value is -2.05. The molecule has 106 valence electrons. The average Bonchev–Trinajstić information content (AvgIpc) is 2.77. The molecule has 0 bridgehead atoms. The first kappa shape index (κ1) is 14.4. The lowest BCUT2D eigenvalue weighted by Gasteiger charge is -2.07. The van der Waals surface area contributed by atoms with Crippen molar-refractivity contribution in [2.45, 2.75) is 13.5 Å². The number of carbonyl (C=O) groups is 1. The van der Waals surface area contributed by atoms with Crippen molar-refractivity contribution in [3.05, 3.63) is 46.7 Å². The minimum Gasteiger partial charge on any atom is -0.492 e. The Kier molecular flexibility index (Phi) is 4.60. The van der Waals surface area contributed by atoms with E-state index in [1.807, 2.05) is 6.92 Å². The molecule has 2 rings (SSSR count). The third kappa shape index (κ3) is 3.49. The van der Waals surface area contributed by atoms with Crippen LogP contribution in [0, 0.1) is 6.92 Å². The number of nitrogens with zero attached hydrogens (tertiary/aromatic N) is 2. The van der Waals surface area contributed by atoms with Crippen molar-refractivity contribution in [1.82, 2.24) is 15.2 Å². The zero-order valence-electron chi connectivity index (χ0n) is 11.0. The predicted molar refractivity (Wildman–Crippen MR) is 75.6 cm³/mol. The summed E-state index contributed by atoms with van der Waals surface area (Å²) in [5.41, 5.74) is 3.31. The van der Waals surface area contributed by atoms with Crippen molar-refractivity contribution in [3.63, 3.8) is 0 Å². The first-order valence-electron chi connectivity index (χ1n) is 6.03. The maximum absolute atomic E-state index is 11.4. The normalized spacial score (nSPS) is 10.3. The number of hydrogen-bond acceptors (Lipinski definition) is 4. The van der Waals surface area contributed by atoms with Crippen molar-refractivity contribution in [3.8, 4) is 5.75 Å². The largest absolute Gasteiger partial charge is 0.492 e. The molecule has 6 nitrogen and oxygen atoms in total. The Labute approximate surface area is 121 Å². The summed E-state index contributed by atoms with van der Waals surface area (Å²) in [6.45, 7) is 2.83. The van der Waals surface area contributed by atoms with Crippen LogP contribution in [-0.4, -0.2) is 22.3 Å². The van der Waals surface area contributed by atoms with Gasteiger partial charge in [0.25, 0.3) is 5.91 Å². The van der Waals surface area contributed by atoms with E-state index in [4.69, 9.17) is 22.2 Å². The highest BCUT2D eigenvalue weighted by Crippen LogP contribution is 2.14. The average molecular weight is 295 g/mol. The molecule has 3 N–H and O–H groups in total. The Bertz CT molecular complexity index is 593. The number of halogens is 1. The molecular weight excluding hydrogens is 280 g/mol. The molecule has 0 radical (unpaired) electrons. The molecular formula is C13H15ClN4O2. The lowest BCUT2D eigenvalue weighted by molar-refractivity contribution is 0.0953. The number of ether oxygens (including phenoxy) is 1. The lowest BCUT2D eigenvalue weighted by Crippen LogP contribution is -2.29. The van der Waals surface area contributed by atoms with Crippen LogP contribution in [0.4, 0.5) is 0 Å². The summed E-state index contributed by atoms with van der Waals surface area (Å²) in [5, 5.41) is 4.86. The van der Waals surface area contributed by atoms with Crippen molar-refractivity contribution < 1.29 is 9.53 Å². The first-order chi connectivity index (χ1) is 9.60. The molecule has 0 saturated carbocycles. The Morgan fingerprint density at radius 3 is 3.00 bits per heavy atom. The molecule has 0 aliphatic heterocycles. The van der Waals surface area contributed by atoms with Crippen LogP contribution < -0.4 is 16.0 Å². The number of nitrogens with one attached hydrogen (secondary N) is 1. The van der Waals surface area contributed by atoms with Crippen LogP contribution in [0.2, 0.25) is 5.02 Å². The molecule has 1 heterocycles. The van der Waals surface area contributed by atoms with Gasteiger partial charge in [0.05, 0.1) is 17.3 Å². The molecule has 0 aliphatic carbocycles. The van der Waals surface area contributed by atoms with Gasteiger partial charge in [0.1, 0.15) is 12.4 Å². The van der Waals surface area contributed by atoms with Crippen LogP contribution in [0.1, 0.15) is 16.1 Å². The predicted octanol–water partition coefficient (Wildman–Crippen LogP) is 1.53. The van der Waals surface area contributed by atoms with Gasteiger partial charge in [0, 0.05) is 11.8 Å². The highest BCUT2D eigenvalue weighted by molar-refractivity contribution is 6.31. The number of rotatable bonds is 5. The zero-order valence-corrected chi connectivity index (χ0v) is 11.7. The van der Waals surface area contributed by atoms with Gasteiger partial charge in [0.2, 0.25) is 0 Å². The third-order valence-electron chi connectivity index (χ3n) is 2.70. The number of benzene rings is 1. The van der Waals surface area contributed by atoms with E-state index < -0.39 is 0 Å². The molecule has 1 aromatic heterocycles. The smallest absolute Gasteiger partial charge is 0.265 e. The van der Waals surface area contributed by atoms with Gasteiger partial charge in [-0.15, -0.1) is 0 Å². The zero-order chi connectivity index (χ0) is 14.5. The maximum atomic E-state index is 11.4. The van der Waals surface area contributed by atoms with E-state index in [-0.39, 0.29) is 5.91 Å². The Morgan fingerprint density at radius 2 is 2.35 bits per heavy atom. The van der Waals surface area contributed by atoms with Gasteiger partial charge in [-0.25, -0.2) is 5.84 Å². The van der Waals surface area contributed by atoms with Crippen molar-refractivity contribution in [1.29, 1.82) is 0 Å². The van der Waals surface area contributed by atoms with E-state index in [9.17, 15) is 4.79 Å². The first-order valence-corrected chi connectivity index (χ1v) is 6.41. The monoisotopic (exact) mass is 294 g/mol. The number of aromatic nitrogens is 2. The Balaban J connectivity index is 1.92. The number of nitrogens with two attached hydrogens (primary N) is 1. The second-order valence-electron chi connectivity index (χ2n) is 4.18. The highest BCUT2D eigenvalue weighted by Gasteiger charge is 2.05. The van der Waals surface area contributed by atoms with Crippen LogP contribution >= 0.6 is 11.6 Å². The number of hydrazine groups is 1. The van der Waals surface area contributed by atoms with Crippen LogP contribution in [-0.2, 0) is 6.54 Å². The Morgan fingerprint density at radius 1 is 1.55 bits per heavy atom. The molecule has 0 fully saturated rings. The van der Waals surface area contributed by atoms with Crippen molar-refractivity contribution >= 4 is 17.5 Å². The minimum absolute atomic E-state index is 0.357. The van der Waals surface area contributed by atoms with Crippen molar-refractivity contribution in [2.75, 3.05) is 6.61 Å². The standard InChI is InChI=1S/C13H15ClN4O2/c1-9-12(14)8-18(17-9)5-6-20-11-4-2-3-10(7-11)13(19)16-15/h2-4,7-8H,5-6,15H2,1H3,(H,16,19). The van der Waals surface area contributed by atoms with Gasteiger partial charge in [-0.05, 0) is 25.1 Å². The quantitative estimate of drug-likeness (QED) is 0.498. The summed E-state index contributed by atoms with van der Waals surface area (Å²) >= 11 is 5.92. The summed E-state index contributed by atoms with van der Waals surface area (Å²) < 4.78 is 7.29. The van der Waals surface area contributed by atoms with Gasteiger partial charge in [-0.3, -0.25) is 14.9 Å². The van der Waals surface area contributed by atoms with E-state index in [1.165, 1.54) is 0 Å². The molecule has 20 heavy (non-hydrogen) atoms. The van der Waals surface area contributed by atoms with E-state index >= 15 is 0 Å². The number of nitrogen functional groups attached to an aromatic ring is 1. The van der Waals surface area contributed by atoms with Crippen LogP contribution in [0.25, 0.3) is 0 Å². The fourth-order valence-electron chi connectivity index (χ4n) is 1.68. The van der Waals surface area contributed by atoms with E-state index in [0.29, 0.717) is 29.5 Å². The molecule has 1 amide bonds. The fraction of sp³-hybridized carbons (Fsp3) is 0.231. The number of aryl methyl sites for hydroxylation is 1. The summed E-state index contributed by atoms with van der Waals surface area (Å²) in [4.78, 5) is 11.4. The van der Waals surface area contributed by atoms with Crippen LogP contribution in [0.15, 0.2) is 30.5 Å².